The Labute approximate surface area is 131 Å². The van der Waals surface area contributed by atoms with Gasteiger partial charge < -0.3 is 10.2 Å². The van der Waals surface area contributed by atoms with E-state index in [9.17, 15) is 14.7 Å². The molecular formula is C18H24O4. The zero-order valence-electron chi connectivity index (χ0n) is 13.4. The highest BCUT2D eigenvalue weighted by Gasteiger charge is 2.42. The SMILES string of the molecule is CCC1C2=CC(=C[C@H]1C(=O)O)C2CC/C=C(/C(=O)O)C(C)C. The summed E-state index contributed by atoms with van der Waals surface area (Å²) < 4.78 is 0. The fraction of sp³-hybridized carbons (Fsp3) is 0.556. The maximum Gasteiger partial charge on any atom is 0.331 e. The highest BCUT2D eigenvalue weighted by Crippen LogP contribution is 2.49. The molecule has 4 nitrogen and oxygen atoms in total. The van der Waals surface area contributed by atoms with E-state index >= 15 is 0 Å². The summed E-state index contributed by atoms with van der Waals surface area (Å²) in [6, 6.07) is 0. The van der Waals surface area contributed by atoms with Crippen LogP contribution < -0.4 is 0 Å². The van der Waals surface area contributed by atoms with Gasteiger partial charge in [0.25, 0.3) is 0 Å². The second-order valence-corrected chi connectivity index (χ2v) is 6.44. The van der Waals surface area contributed by atoms with Gasteiger partial charge in [0.2, 0.25) is 0 Å². The topological polar surface area (TPSA) is 74.6 Å². The molecule has 0 fully saturated rings. The molecule has 0 saturated heterocycles. The van der Waals surface area contributed by atoms with Gasteiger partial charge in [-0.25, -0.2) is 4.79 Å². The van der Waals surface area contributed by atoms with Crippen LogP contribution in [0.15, 0.2) is 34.9 Å². The maximum absolute atomic E-state index is 11.3. The quantitative estimate of drug-likeness (QED) is 0.704. The van der Waals surface area contributed by atoms with Crippen LogP contribution in [0.2, 0.25) is 0 Å². The van der Waals surface area contributed by atoms with E-state index in [2.05, 4.69) is 6.08 Å². The molecule has 2 N–H and O–H groups in total. The fourth-order valence-corrected chi connectivity index (χ4v) is 3.59. The number of allylic oxidation sites excluding steroid dienone is 4. The number of hydrogen-bond acceptors (Lipinski definition) is 2. The van der Waals surface area contributed by atoms with Crippen LogP contribution in [0.3, 0.4) is 0 Å². The van der Waals surface area contributed by atoms with Crippen LogP contribution in [0.5, 0.6) is 0 Å². The second kappa shape index (κ2) is 6.51. The van der Waals surface area contributed by atoms with E-state index in [-0.39, 0.29) is 11.8 Å². The Balaban J connectivity index is 2.04. The average Bonchev–Trinajstić information content (AvgIpc) is 2.44. The molecule has 0 aromatic heterocycles. The van der Waals surface area contributed by atoms with Gasteiger partial charge in [-0.3, -0.25) is 4.79 Å². The molecule has 0 amide bonds. The Morgan fingerprint density at radius 1 is 1.32 bits per heavy atom. The Morgan fingerprint density at radius 3 is 2.50 bits per heavy atom. The van der Waals surface area contributed by atoms with Gasteiger partial charge in [-0.2, -0.15) is 0 Å². The first kappa shape index (κ1) is 16.5. The normalized spacial score (nSPS) is 27.1. The van der Waals surface area contributed by atoms with Gasteiger partial charge in [0.15, 0.2) is 0 Å². The molecule has 0 heterocycles. The van der Waals surface area contributed by atoms with Gasteiger partial charge in [0.05, 0.1) is 5.92 Å². The minimum atomic E-state index is -0.848. The van der Waals surface area contributed by atoms with Gasteiger partial charge >= 0.3 is 11.9 Å². The van der Waals surface area contributed by atoms with E-state index < -0.39 is 17.9 Å². The first-order chi connectivity index (χ1) is 10.4. The highest BCUT2D eigenvalue weighted by atomic mass is 16.4. The predicted molar refractivity (Wildman–Crippen MR) is 84.4 cm³/mol. The summed E-state index contributed by atoms with van der Waals surface area (Å²) in [4.78, 5) is 22.5. The minimum absolute atomic E-state index is 0.0107. The molecule has 3 aliphatic rings. The molecule has 0 aromatic carbocycles. The van der Waals surface area contributed by atoms with Crippen LogP contribution in [-0.4, -0.2) is 22.2 Å². The van der Waals surface area contributed by atoms with Crippen LogP contribution in [0.25, 0.3) is 0 Å². The number of carbonyl (C=O) groups is 2. The van der Waals surface area contributed by atoms with Crippen LogP contribution in [0.1, 0.15) is 40.0 Å². The van der Waals surface area contributed by atoms with E-state index in [4.69, 9.17) is 5.11 Å². The summed E-state index contributed by atoms with van der Waals surface area (Å²) in [6.07, 6.45) is 8.22. The lowest BCUT2D eigenvalue weighted by Crippen LogP contribution is -2.36. The van der Waals surface area contributed by atoms with Crippen molar-refractivity contribution in [3.63, 3.8) is 0 Å². The molecule has 0 radical (unpaired) electrons. The molecule has 3 aliphatic carbocycles. The largest absolute Gasteiger partial charge is 0.481 e. The summed E-state index contributed by atoms with van der Waals surface area (Å²) in [5, 5.41) is 18.4. The average molecular weight is 304 g/mol. The van der Waals surface area contributed by atoms with E-state index in [1.807, 2.05) is 32.9 Å². The lowest BCUT2D eigenvalue weighted by Gasteiger charge is -2.42. The van der Waals surface area contributed by atoms with E-state index in [0.717, 1.165) is 18.4 Å². The van der Waals surface area contributed by atoms with Gasteiger partial charge in [0.1, 0.15) is 0 Å². The molecule has 3 rings (SSSR count). The predicted octanol–water partition coefficient (Wildman–Crippen LogP) is 3.66. The molecule has 0 aliphatic heterocycles. The minimum Gasteiger partial charge on any atom is -0.481 e. The smallest absolute Gasteiger partial charge is 0.331 e. The first-order valence-electron chi connectivity index (χ1n) is 7.96. The van der Waals surface area contributed by atoms with Crippen molar-refractivity contribution in [2.75, 3.05) is 0 Å². The molecule has 4 heteroatoms. The standard InChI is InChI=1S/C18H24O4/c1-4-12-15-8-11(9-16(12)18(21)22)14(15)7-5-6-13(10(2)3)17(19)20/h6,8-10,12,14,16H,4-5,7H2,1-3H3,(H,19,20)(H,21,22)/b13-6+/t12?,14?,16-/m1/s1. The summed E-state index contributed by atoms with van der Waals surface area (Å²) in [5.41, 5.74) is 2.81. The molecule has 2 bridgehead atoms. The second-order valence-electron chi connectivity index (χ2n) is 6.44. The van der Waals surface area contributed by atoms with E-state index in [1.165, 1.54) is 5.57 Å². The van der Waals surface area contributed by atoms with Gasteiger partial charge in [0, 0.05) is 11.5 Å². The molecule has 2 unspecified atom stereocenters. The van der Waals surface area contributed by atoms with Gasteiger partial charge in [-0.1, -0.05) is 44.6 Å². The lowest BCUT2D eigenvalue weighted by atomic mass is 9.61. The number of aliphatic carboxylic acids is 2. The van der Waals surface area contributed by atoms with Crippen molar-refractivity contribution >= 4 is 11.9 Å². The Kier molecular flexibility index (Phi) is 4.89. The van der Waals surface area contributed by atoms with Crippen molar-refractivity contribution < 1.29 is 19.8 Å². The van der Waals surface area contributed by atoms with Crippen LogP contribution in [0.4, 0.5) is 0 Å². The molecule has 0 saturated carbocycles. The molecule has 0 spiro atoms. The monoisotopic (exact) mass is 304 g/mol. The number of fused-ring (bicyclic) bond motifs is 2. The highest BCUT2D eigenvalue weighted by molar-refractivity contribution is 5.86. The first-order valence-corrected chi connectivity index (χ1v) is 7.96. The molecule has 22 heavy (non-hydrogen) atoms. The third-order valence-corrected chi connectivity index (χ3v) is 4.79. The Hall–Kier alpha value is -1.84. The van der Waals surface area contributed by atoms with Gasteiger partial charge in [-0.05, 0) is 36.7 Å². The molecule has 3 atom stereocenters. The summed E-state index contributed by atoms with van der Waals surface area (Å²) in [5.74, 6) is -1.57. The van der Waals surface area contributed by atoms with Crippen molar-refractivity contribution in [3.05, 3.63) is 34.9 Å². The zero-order valence-corrected chi connectivity index (χ0v) is 13.4. The van der Waals surface area contributed by atoms with Crippen molar-refractivity contribution in [2.24, 2.45) is 23.7 Å². The maximum atomic E-state index is 11.3. The third-order valence-electron chi connectivity index (χ3n) is 4.79. The summed E-state index contributed by atoms with van der Waals surface area (Å²) in [7, 11) is 0. The lowest BCUT2D eigenvalue weighted by molar-refractivity contribution is -0.141. The van der Waals surface area contributed by atoms with Gasteiger partial charge in [-0.15, -0.1) is 0 Å². The Bertz CT molecular complexity index is 566. The van der Waals surface area contributed by atoms with Crippen molar-refractivity contribution in [1.29, 1.82) is 0 Å². The van der Waals surface area contributed by atoms with Crippen LogP contribution >= 0.6 is 0 Å². The van der Waals surface area contributed by atoms with Crippen LogP contribution in [0, 0.1) is 23.7 Å². The molecular weight excluding hydrogens is 280 g/mol. The van der Waals surface area contributed by atoms with Crippen molar-refractivity contribution in [1.82, 2.24) is 0 Å². The molecule has 0 aromatic rings. The number of carboxylic acids is 2. The van der Waals surface area contributed by atoms with E-state index in [0.29, 0.717) is 17.9 Å². The summed E-state index contributed by atoms with van der Waals surface area (Å²) in [6.45, 7) is 5.79. The number of carboxylic acid groups (broad SMARTS) is 2. The fourth-order valence-electron chi connectivity index (χ4n) is 3.59. The Morgan fingerprint density at radius 2 is 2.00 bits per heavy atom. The zero-order chi connectivity index (χ0) is 16.4. The number of rotatable bonds is 7. The third kappa shape index (κ3) is 3.01. The number of hydrogen-bond donors (Lipinski definition) is 2. The van der Waals surface area contributed by atoms with E-state index in [1.54, 1.807) is 0 Å². The molecule has 120 valence electrons. The summed E-state index contributed by atoms with van der Waals surface area (Å²) >= 11 is 0. The van der Waals surface area contributed by atoms with Crippen molar-refractivity contribution in [3.8, 4) is 0 Å². The van der Waals surface area contributed by atoms with Crippen LogP contribution in [-0.2, 0) is 9.59 Å². The van der Waals surface area contributed by atoms with Crippen molar-refractivity contribution in [2.45, 2.75) is 40.0 Å².